The fourth-order valence-electron chi connectivity index (χ4n) is 5.33. The largest absolute Gasteiger partial charge is 0.504 e. The Bertz CT molecular complexity index is 2080. The van der Waals surface area contributed by atoms with Crippen LogP contribution in [0.4, 0.5) is 5.69 Å². The molecule has 0 bridgehead atoms. The number of ether oxygens (including phenoxy) is 1. The van der Waals surface area contributed by atoms with E-state index in [4.69, 9.17) is 14.8 Å². The maximum atomic E-state index is 14.2. The average Bonchev–Trinajstić information content (AvgIpc) is 3.47. The number of carbonyl (C=O) groups excluding carboxylic acids is 1. The Morgan fingerprint density at radius 1 is 1.02 bits per heavy atom. The van der Waals surface area contributed by atoms with Crippen LogP contribution in [0.15, 0.2) is 99.9 Å². The Labute approximate surface area is 251 Å². The lowest BCUT2D eigenvalue weighted by molar-refractivity contribution is -0.113. The van der Waals surface area contributed by atoms with Gasteiger partial charge in [0.1, 0.15) is 0 Å². The van der Waals surface area contributed by atoms with E-state index in [1.165, 1.54) is 24.5 Å². The van der Waals surface area contributed by atoms with Crippen molar-refractivity contribution in [1.82, 2.24) is 14.3 Å². The number of para-hydroxylation sites is 2. The van der Waals surface area contributed by atoms with E-state index in [0.717, 1.165) is 22.6 Å². The molecule has 1 atom stereocenters. The molecule has 10 heteroatoms. The van der Waals surface area contributed by atoms with E-state index in [2.05, 4.69) is 5.32 Å². The number of allylic oxidation sites excluding steroid dienone is 1. The third-order valence-corrected chi connectivity index (χ3v) is 8.42. The van der Waals surface area contributed by atoms with Gasteiger partial charge >= 0.3 is 0 Å². The quantitative estimate of drug-likeness (QED) is 0.304. The smallest absolute Gasteiger partial charge is 0.271 e. The van der Waals surface area contributed by atoms with Crippen molar-refractivity contribution in [3.05, 3.63) is 132 Å². The first-order chi connectivity index (χ1) is 20.8. The van der Waals surface area contributed by atoms with Crippen LogP contribution in [0, 0.1) is 13.8 Å². The maximum absolute atomic E-state index is 14.2. The number of phenols is 1. The minimum atomic E-state index is -0.814. The van der Waals surface area contributed by atoms with Crippen molar-refractivity contribution in [2.75, 3.05) is 12.4 Å². The second-order valence-corrected chi connectivity index (χ2v) is 11.2. The van der Waals surface area contributed by atoms with Crippen molar-refractivity contribution in [3.63, 3.8) is 0 Å². The van der Waals surface area contributed by atoms with Gasteiger partial charge in [-0.05, 0) is 68.8 Å². The molecular formula is C33H29N5O4S. The number of nitrogens with zero attached hydrogens (tertiary/aromatic N) is 4. The highest BCUT2D eigenvalue weighted by atomic mass is 32.1. The summed E-state index contributed by atoms with van der Waals surface area (Å²) in [5.74, 6) is -0.192. The Morgan fingerprint density at radius 3 is 2.42 bits per heavy atom. The van der Waals surface area contributed by atoms with Crippen LogP contribution in [-0.4, -0.2) is 32.5 Å². The summed E-state index contributed by atoms with van der Waals surface area (Å²) >= 11 is 1.26. The number of hydrogen-bond donors (Lipinski definition) is 2. The lowest BCUT2D eigenvalue weighted by Crippen LogP contribution is -2.40. The number of benzene rings is 3. The molecule has 1 amide bonds. The second kappa shape index (κ2) is 11.2. The summed E-state index contributed by atoms with van der Waals surface area (Å²) in [5.41, 5.74) is 5.18. The van der Waals surface area contributed by atoms with Crippen LogP contribution in [0.2, 0.25) is 0 Å². The molecule has 0 saturated heterocycles. The highest BCUT2D eigenvalue weighted by Crippen LogP contribution is 2.35. The van der Waals surface area contributed by atoms with Crippen molar-refractivity contribution in [1.29, 1.82) is 0 Å². The molecule has 0 radical (unpaired) electrons. The number of anilines is 1. The third kappa shape index (κ3) is 5.06. The van der Waals surface area contributed by atoms with Crippen molar-refractivity contribution in [2.24, 2.45) is 4.99 Å². The van der Waals surface area contributed by atoms with Crippen LogP contribution in [0.25, 0.3) is 11.8 Å². The number of nitrogens with one attached hydrogen (secondary N) is 1. The predicted octanol–water partition coefficient (Wildman–Crippen LogP) is 4.39. The van der Waals surface area contributed by atoms with E-state index >= 15 is 0 Å². The third-order valence-electron chi connectivity index (χ3n) is 7.44. The van der Waals surface area contributed by atoms with Crippen LogP contribution >= 0.6 is 11.3 Å². The minimum absolute atomic E-state index is 0.0453. The average molecular weight is 592 g/mol. The van der Waals surface area contributed by atoms with Gasteiger partial charge in [-0.1, -0.05) is 53.8 Å². The van der Waals surface area contributed by atoms with Crippen molar-refractivity contribution >= 4 is 29.0 Å². The number of amides is 1. The molecule has 5 aromatic rings. The molecule has 9 nitrogen and oxygen atoms in total. The van der Waals surface area contributed by atoms with Gasteiger partial charge < -0.3 is 15.2 Å². The molecule has 43 heavy (non-hydrogen) atoms. The van der Waals surface area contributed by atoms with Crippen LogP contribution in [-0.2, 0) is 4.79 Å². The Kier molecular flexibility index (Phi) is 7.29. The van der Waals surface area contributed by atoms with Gasteiger partial charge in [0.05, 0.1) is 40.3 Å². The molecule has 3 heterocycles. The number of rotatable bonds is 6. The molecule has 6 rings (SSSR count). The normalized spacial score (nSPS) is 14.8. The van der Waals surface area contributed by atoms with E-state index in [-0.39, 0.29) is 23.0 Å². The summed E-state index contributed by atoms with van der Waals surface area (Å²) in [5, 5.41) is 18.0. The topological polar surface area (TPSA) is 111 Å². The number of aryl methyl sites for hydroxylation is 1. The molecule has 3 aromatic carbocycles. The Balaban J connectivity index is 1.52. The number of phenolic OH excluding ortho intramolecular Hbond substituents is 1. The van der Waals surface area contributed by atoms with Gasteiger partial charge in [-0.15, -0.1) is 0 Å². The van der Waals surface area contributed by atoms with Gasteiger partial charge in [0.25, 0.3) is 11.5 Å². The molecule has 216 valence electrons. The first-order valence-electron chi connectivity index (χ1n) is 13.6. The fraction of sp³-hybridized carbons (Fsp3) is 0.152. The van der Waals surface area contributed by atoms with Crippen LogP contribution in [0.5, 0.6) is 11.5 Å². The molecule has 2 aromatic heterocycles. The first-order valence-corrected chi connectivity index (χ1v) is 14.5. The number of hydrogen-bond acceptors (Lipinski definition) is 7. The summed E-state index contributed by atoms with van der Waals surface area (Å²) in [6, 6.07) is 22.9. The fourth-order valence-corrected chi connectivity index (χ4v) is 6.36. The Morgan fingerprint density at radius 2 is 1.72 bits per heavy atom. The number of thiazole rings is 1. The summed E-state index contributed by atoms with van der Waals surface area (Å²) in [7, 11) is 1.45. The maximum Gasteiger partial charge on any atom is 0.271 e. The zero-order chi connectivity index (χ0) is 30.2. The Hall–Kier alpha value is -5.22. The molecule has 0 unspecified atom stereocenters. The summed E-state index contributed by atoms with van der Waals surface area (Å²) in [6.45, 7) is 5.65. The molecule has 2 N–H and O–H groups in total. The predicted molar refractivity (Wildman–Crippen MR) is 167 cm³/mol. The number of fused-ring (bicyclic) bond motifs is 1. The lowest BCUT2D eigenvalue weighted by Gasteiger charge is -2.25. The number of aromatic hydroxyl groups is 1. The zero-order valence-electron chi connectivity index (χ0n) is 24.0. The van der Waals surface area contributed by atoms with Crippen LogP contribution < -0.4 is 24.9 Å². The van der Waals surface area contributed by atoms with E-state index in [9.17, 15) is 14.7 Å². The molecule has 0 spiro atoms. The summed E-state index contributed by atoms with van der Waals surface area (Å²) < 4.78 is 9.24. The van der Waals surface area contributed by atoms with Crippen molar-refractivity contribution < 1.29 is 14.6 Å². The van der Waals surface area contributed by atoms with E-state index in [0.29, 0.717) is 31.9 Å². The van der Waals surface area contributed by atoms with E-state index in [1.807, 2.05) is 73.1 Å². The number of aromatic nitrogens is 3. The number of carbonyl (C=O) groups is 1. The molecule has 1 aliphatic rings. The standard InChI is InChI=1S/C33H29N5O4S/c1-19-25(21(3)38(36-19)24-13-9-6-10-14-24)18-28-32(41)37-30(22-15-16-26(39)27(17-22)42-4)29(20(2)34-33(37)43-28)31(40)35-23-11-7-5-8-12-23/h5-18,30,39H,1-4H3,(H,35,40)/b28-18+/t30-/m1/s1. The molecule has 1 aliphatic heterocycles. The zero-order valence-corrected chi connectivity index (χ0v) is 24.8. The van der Waals surface area contributed by atoms with Gasteiger partial charge in [-0.25, -0.2) is 9.67 Å². The van der Waals surface area contributed by atoms with Gasteiger partial charge in [-0.2, -0.15) is 5.10 Å². The highest BCUT2D eigenvalue weighted by molar-refractivity contribution is 7.07. The van der Waals surface area contributed by atoms with Gasteiger partial charge in [-0.3, -0.25) is 14.2 Å². The van der Waals surface area contributed by atoms with Crippen LogP contribution in [0.1, 0.15) is 35.5 Å². The van der Waals surface area contributed by atoms with E-state index < -0.39 is 6.04 Å². The summed E-state index contributed by atoms with van der Waals surface area (Å²) in [4.78, 5) is 33.2. The monoisotopic (exact) mass is 591 g/mol. The van der Waals surface area contributed by atoms with Crippen molar-refractivity contribution in [2.45, 2.75) is 26.8 Å². The van der Waals surface area contributed by atoms with Crippen molar-refractivity contribution in [3.8, 4) is 17.2 Å². The lowest BCUT2D eigenvalue weighted by atomic mass is 9.94. The van der Waals surface area contributed by atoms with E-state index in [1.54, 1.807) is 35.8 Å². The summed E-state index contributed by atoms with van der Waals surface area (Å²) in [6.07, 6.45) is 1.85. The molecule has 0 fully saturated rings. The second-order valence-electron chi connectivity index (χ2n) is 10.2. The SMILES string of the molecule is COc1cc([C@@H]2C(C(=O)Nc3ccccc3)=C(C)N=c3s/c(=C/c4c(C)nn(-c5ccccc5)c4C)c(=O)n32)ccc1O. The number of methoxy groups -OCH3 is 1. The molecular weight excluding hydrogens is 562 g/mol. The van der Waals surface area contributed by atoms with Gasteiger partial charge in [0, 0.05) is 16.9 Å². The van der Waals surface area contributed by atoms with Crippen LogP contribution in [0.3, 0.4) is 0 Å². The molecule has 0 aliphatic carbocycles. The van der Waals surface area contributed by atoms with Gasteiger partial charge in [0.2, 0.25) is 0 Å². The van der Waals surface area contributed by atoms with Gasteiger partial charge in [0.15, 0.2) is 16.3 Å². The minimum Gasteiger partial charge on any atom is -0.504 e. The highest BCUT2D eigenvalue weighted by Gasteiger charge is 2.33. The first kappa shape index (κ1) is 27.9. The molecule has 0 saturated carbocycles.